The molecule has 67 heavy (non-hydrogen) atoms. The molecule has 3 heterocycles. The van der Waals surface area contributed by atoms with E-state index in [0.29, 0.717) is 12.0 Å². The van der Waals surface area contributed by atoms with Crippen molar-refractivity contribution < 1.29 is 78.2 Å². The molecule has 0 aliphatic carbocycles. The Kier molecular flexibility index (Phi) is 15.5. The summed E-state index contributed by atoms with van der Waals surface area (Å²) in [6, 6.07) is 12.8. The molecule has 0 spiro atoms. The van der Waals surface area contributed by atoms with Crippen LogP contribution < -0.4 is 26.8 Å². The number of nitrogens with two attached hydrogens (primary N) is 1. The third kappa shape index (κ3) is 10.7. The number of primary amides is 1. The number of rotatable bonds is 9. The van der Waals surface area contributed by atoms with Crippen molar-refractivity contribution in [2.24, 2.45) is 5.73 Å². The average molecular weight is 939 g/mol. The Morgan fingerprint density at radius 3 is 2.19 bits per heavy atom. The van der Waals surface area contributed by atoms with Crippen molar-refractivity contribution in [3.8, 4) is 57.3 Å². The van der Waals surface area contributed by atoms with Crippen LogP contribution in [0.5, 0.6) is 46.0 Å². The molecule has 0 bridgehead atoms. The van der Waals surface area contributed by atoms with Gasteiger partial charge in [0, 0.05) is 35.9 Å². The van der Waals surface area contributed by atoms with Crippen LogP contribution in [0.4, 0.5) is 10.5 Å². The van der Waals surface area contributed by atoms with Gasteiger partial charge in [0.15, 0.2) is 40.9 Å². The molecule has 20 nitrogen and oxygen atoms in total. The van der Waals surface area contributed by atoms with Gasteiger partial charge in [-0.25, -0.2) is 9.59 Å². The first-order valence-corrected chi connectivity index (χ1v) is 19.8. The predicted octanol–water partition coefficient (Wildman–Crippen LogP) is 4.97. The van der Waals surface area contributed by atoms with E-state index in [2.05, 4.69) is 5.32 Å². The molecule has 0 saturated carbocycles. The fraction of sp³-hybridized carbons (Fsp3) is 0.261. The van der Waals surface area contributed by atoms with Crippen LogP contribution in [0.3, 0.4) is 0 Å². The molecular formula is C46H47N2NaO18. The number of hydrogen-bond donors (Lipinski definition) is 10. The second-order valence-electron chi connectivity index (χ2n) is 15.9. The number of aryl methyl sites for hydroxylation is 1. The monoisotopic (exact) mass is 938 g/mol. The predicted molar refractivity (Wildman–Crippen MR) is 242 cm³/mol. The van der Waals surface area contributed by atoms with E-state index in [1.165, 1.54) is 43.5 Å². The zero-order valence-electron chi connectivity index (χ0n) is 36.1. The van der Waals surface area contributed by atoms with Gasteiger partial charge in [0.1, 0.15) is 45.7 Å². The number of aliphatic hydroxyl groups excluding tert-OH is 1. The van der Waals surface area contributed by atoms with Crippen molar-refractivity contribution in [1.29, 1.82) is 0 Å². The molecule has 4 aromatic carbocycles. The fourth-order valence-electron chi connectivity index (χ4n) is 7.20. The van der Waals surface area contributed by atoms with E-state index in [9.17, 15) is 60.0 Å². The Bertz CT molecular complexity index is 3030. The minimum absolute atomic E-state index is 0. The summed E-state index contributed by atoms with van der Waals surface area (Å²) < 4.78 is 33.2. The Morgan fingerprint density at radius 2 is 1.55 bits per heavy atom. The number of amides is 2. The maximum atomic E-state index is 13.0. The molecule has 6 aromatic rings. The molecule has 0 radical (unpaired) electrons. The summed E-state index contributed by atoms with van der Waals surface area (Å²) >= 11 is 0. The molecule has 4 atom stereocenters. The number of allylic oxidation sites excluding steroid dienone is 2. The van der Waals surface area contributed by atoms with Gasteiger partial charge >= 0.3 is 41.3 Å². The molecule has 1 aliphatic rings. The molecule has 2 aromatic heterocycles. The molecular weight excluding hydrogens is 891 g/mol. The van der Waals surface area contributed by atoms with Gasteiger partial charge in [-0.3, -0.25) is 9.59 Å². The van der Waals surface area contributed by atoms with Crippen LogP contribution in [0.2, 0.25) is 0 Å². The van der Waals surface area contributed by atoms with Crippen LogP contribution in [-0.2, 0) is 20.6 Å². The van der Waals surface area contributed by atoms with E-state index >= 15 is 0 Å². The van der Waals surface area contributed by atoms with Gasteiger partial charge in [-0.1, -0.05) is 11.6 Å². The number of carbonyl (C=O) groups excluding carboxylic acids is 2. The number of phenols is 5. The fourth-order valence-corrected chi connectivity index (χ4v) is 7.20. The van der Waals surface area contributed by atoms with Gasteiger partial charge in [-0.05, 0) is 95.1 Å². The number of fused-ring (bicyclic) bond motifs is 2. The summed E-state index contributed by atoms with van der Waals surface area (Å²) in [7, 11) is 1.37. The number of phenolic OH excluding ortho intramolecular Hbond substituents is 5. The summed E-state index contributed by atoms with van der Waals surface area (Å²) in [5, 5.41) is 82.2. The quantitative estimate of drug-likeness (QED) is 0.0396. The van der Waals surface area contributed by atoms with Gasteiger partial charge in [0.25, 0.3) is 5.91 Å². The summed E-state index contributed by atoms with van der Waals surface area (Å²) in [5.74, 6) is -3.80. The standard InChI is InChI=1S/C31H36N2O11.C15H10O7.Na.H/c1-14(2)7-8-16-13-17(9-11-19(16)34)27(37)33-21-22(35)18-10-12-20(15(3)24(18)42-28(21)38)41-29-23(36)25(43-30(32)39)26(40-6)31(4,5)44-29;16-7-4-10(19)12-11(5-7)22-15(14(21)13(12)20)6-1-2-8(17)9(18)3-6;;/h7,9-13,23,25-26,29,34-36H,8H2,1-6H3,(H2,32,39)(H,33,37);1-5,16-19,21H;;/t23-,25+,26-,29-;;;/m1.../s1. The van der Waals surface area contributed by atoms with Crippen LogP contribution in [-0.4, -0.2) is 120 Å². The van der Waals surface area contributed by atoms with Crippen molar-refractivity contribution in [1.82, 2.24) is 0 Å². The summed E-state index contributed by atoms with van der Waals surface area (Å²) in [6.45, 7) is 8.69. The van der Waals surface area contributed by atoms with Crippen LogP contribution in [0, 0.1) is 6.92 Å². The summed E-state index contributed by atoms with van der Waals surface area (Å²) in [4.78, 5) is 49.6. The zero-order valence-corrected chi connectivity index (χ0v) is 36.1. The van der Waals surface area contributed by atoms with Crippen molar-refractivity contribution in [2.75, 3.05) is 12.4 Å². The van der Waals surface area contributed by atoms with Crippen molar-refractivity contribution in [3.63, 3.8) is 0 Å². The second kappa shape index (κ2) is 20.3. The third-order valence-electron chi connectivity index (χ3n) is 10.5. The molecule has 0 unspecified atom stereocenters. The van der Waals surface area contributed by atoms with E-state index in [4.69, 9.17) is 33.5 Å². The first-order chi connectivity index (χ1) is 31.0. The van der Waals surface area contributed by atoms with Gasteiger partial charge in [0.2, 0.25) is 17.5 Å². The van der Waals surface area contributed by atoms with Crippen molar-refractivity contribution in [2.45, 2.75) is 71.2 Å². The van der Waals surface area contributed by atoms with Crippen LogP contribution >= 0.6 is 0 Å². The Labute approximate surface area is 401 Å². The average Bonchev–Trinajstić information content (AvgIpc) is 3.24. The summed E-state index contributed by atoms with van der Waals surface area (Å²) in [5.41, 5.74) is 3.65. The first-order valence-electron chi connectivity index (χ1n) is 19.8. The molecule has 21 heteroatoms. The number of aromatic hydroxyl groups is 7. The van der Waals surface area contributed by atoms with Crippen molar-refractivity contribution in [3.05, 3.63) is 110 Å². The topological polar surface area (TPSA) is 331 Å². The zero-order chi connectivity index (χ0) is 48.5. The Morgan fingerprint density at radius 1 is 0.866 bits per heavy atom. The van der Waals surface area contributed by atoms with E-state index in [1.54, 1.807) is 20.8 Å². The van der Waals surface area contributed by atoms with Crippen LogP contribution in [0.15, 0.2) is 90.7 Å². The molecule has 2 amide bonds. The molecule has 1 saturated heterocycles. The third-order valence-corrected chi connectivity index (χ3v) is 10.5. The number of anilines is 1. The van der Waals surface area contributed by atoms with E-state index in [-0.39, 0.29) is 96.9 Å². The molecule has 1 aliphatic heterocycles. The Balaban J connectivity index is 0.000000305. The van der Waals surface area contributed by atoms with E-state index in [0.717, 1.165) is 29.8 Å². The molecule has 1 fully saturated rings. The number of aliphatic hydroxyl groups is 1. The van der Waals surface area contributed by atoms with Gasteiger partial charge in [-0.15, -0.1) is 0 Å². The normalized spacial score (nSPS) is 17.4. The van der Waals surface area contributed by atoms with Gasteiger partial charge < -0.3 is 79.7 Å². The van der Waals surface area contributed by atoms with E-state index < -0.39 is 81.9 Å². The summed E-state index contributed by atoms with van der Waals surface area (Å²) in [6.07, 6.45) is -3.81. The van der Waals surface area contributed by atoms with Crippen LogP contribution in [0.1, 0.15) is 49.2 Å². The molecule has 11 N–H and O–H groups in total. The number of benzene rings is 4. The molecule has 7 rings (SSSR count). The number of carbonyl (C=O) groups is 2. The number of nitrogens with one attached hydrogen (secondary N) is 1. The van der Waals surface area contributed by atoms with Crippen molar-refractivity contribution >= 4 is 69.2 Å². The minimum atomic E-state index is -1.52. The van der Waals surface area contributed by atoms with E-state index in [1.807, 2.05) is 19.9 Å². The SMILES string of the molecule is CO[C@@H]1[C@@H](OC(N)=O)[C@@H](O)[C@H](Oc2ccc3c(O)c(NC(=O)c4ccc(O)c(CC=C(C)C)c4)c(=O)oc3c2C)OC1(C)C.O=c1c(O)c(-c2ccc(O)c(O)c2)oc2cc(O)cc(O)c12.[NaH]. The Hall–Kier alpha value is -6.94. The van der Waals surface area contributed by atoms with Gasteiger partial charge in [0.05, 0.1) is 11.0 Å². The number of ether oxygens (including phenoxy) is 4. The molecule has 350 valence electrons. The van der Waals surface area contributed by atoms with Gasteiger partial charge in [-0.2, -0.15) is 0 Å². The second-order valence-corrected chi connectivity index (χ2v) is 15.9. The number of hydrogen-bond acceptors (Lipinski definition) is 18. The first kappa shape index (κ1) is 51.1. The van der Waals surface area contributed by atoms with Crippen LogP contribution in [0.25, 0.3) is 33.3 Å². The maximum absolute atomic E-state index is 13.0. The number of methoxy groups -OCH3 is 1.